The van der Waals surface area contributed by atoms with Gasteiger partial charge in [0.25, 0.3) is 0 Å². The molecule has 5 heteroatoms. The topological polar surface area (TPSA) is 49.8 Å². The number of nitrogens with zero attached hydrogens (tertiary/aromatic N) is 1. The van der Waals surface area contributed by atoms with E-state index in [9.17, 15) is 9.90 Å². The number of hydrogen-bond acceptors (Lipinski definition) is 3. The van der Waals surface area contributed by atoms with Gasteiger partial charge in [0.05, 0.1) is 12.5 Å². The van der Waals surface area contributed by atoms with Crippen molar-refractivity contribution in [1.29, 1.82) is 0 Å². The minimum atomic E-state index is -0.741. The molecule has 1 aliphatic heterocycles. The van der Waals surface area contributed by atoms with Gasteiger partial charge in [-0.2, -0.15) is 0 Å². The highest BCUT2D eigenvalue weighted by Gasteiger charge is 2.51. The van der Waals surface area contributed by atoms with Gasteiger partial charge >= 0.3 is 5.97 Å². The van der Waals surface area contributed by atoms with Gasteiger partial charge in [0.2, 0.25) is 0 Å². The number of aliphatic carboxylic acids is 1. The van der Waals surface area contributed by atoms with E-state index in [1.165, 1.54) is 44.1 Å². The van der Waals surface area contributed by atoms with Crippen molar-refractivity contribution in [3.05, 3.63) is 29.1 Å². The third-order valence-corrected chi connectivity index (χ3v) is 8.91. The maximum atomic E-state index is 15.1. The van der Waals surface area contributed by atoms with Crippen LogP contribution >= 0.6 is 0 Å². The molecule has 1 heterocycles. The van der Waals surface area contributed by atoms with E-state index >= 15 is 4.39 Å². The average molecular weight is 428 g/mol. The Morgan fingerprint density at radius 3 is 2.35 bits per heavy atom. The summed E-state index contributed by atoms with van der Waals surface area (Å²) in [5, 5.41) is 9.24. The Balaban J connectivity index is 1.18. The SMILES string of the molecule is O=C(O)C1CCN(Cc2cc(C3CC3)c(OCC34CC5CC(CC(C5)C3)C4)cc2F)C1. The van der Waals surface area contributed by atoms with Gasteiger partial charge in [-0.05, 0) is 99.6 Å². The normalized spacial score (nSPS) is 36.8. The van der Waals surface area contributed by atoms with Gasteiger partial charge in [0.1, 0.15) is 11.6 Å². The third-order valence-electron chi connectivity index (χ3n) is 8.91. The molecule has 0 aromatic heterocycles. The van der Waals surface area contributed by atoms with Crippen LogP contribution in [0.1, 0.15) is 74.8 Å². The average Bonchev–Trinajstić information content (AvgIpc) is 3.45. The van der Waals surface area contributed by atoms with E-state index in [2.05, 4.69) is 4.90 Å². The van der Waals surface area contributed by atoms with Gasteiger partial charge in [0, 0.05) is 30.1 Å². The number of likely N-dealkylation sites (tertiary alicyclic amines) is 1. The fourth-order valence-electron chi connectivity index (χ4n) is 7.69. The van der Waals surface area contributed by atoms with Crippen LogP contribution in [0.2, 0.25) is 0 Å². The van der Waals surface area contributed by atoms with Crippen molar-refractivity contribution in [3.63, 3.8) is 0 Å². The fourth-order valence-corrected chi connectivity index (χ4v) is 7.69. The fraction of sp³-hybridized carbons (Fsp3) is 0.731. The van der Waals surface area contributed by atoms with Crippen molar-refractivity contribution in [2.75, 3.05) is 19.7 Å². The van der Waals surface area contributed by atoms with Gasteiger partial charge < -0.3 is 9.84 Å². The van der Waals surface area contributed by atoms with Gasteiger partial charge in [-0.25, -0.2) is 4.39 Å². The lowest BCUT2D eigenvalue weighted by Crippen LogP contribution is -2.48. The Bertz CT molecular complexity index is 844. The highest BCUT2D eigenvalue weighted by Crippen LogP contribution is 2.60. The summed E-state index contributed by atoms with van der Waals surface area (Å²) < 4.78 is 21.5. The van der Waals surface area contributed by atoms with Crippen molar-refractivity contribution >= 4 is 5.97 Å². The van der Waals surface area contributed by atoms with Crippen LogP contribution in [0.15, 0.2) is 12.1 Å². The molecule has 168 valence electrons. The summed E-state index contributed by atoms with van der Waals surface area (Å²) in [6.07, 6.45) is 11.2. The Kier molecular flexibility index (Phi) is 4.82. The number of rotatable bonds is 7. The summed E-state index contributed by atoms with van der Waals surface area (Å²) >= 11 is 0. The van der Waals surface area contributed by atoms with Crippen molar-refractivity contribution in [2.24, 2.45) is 29.1 Å². The van der Waals surface area contributed by atoms with E-state index in [4.69, 9.17) is 4.74 Å². The number of carboxylic acid groups (broad SMARTS) is 1. The number of hydrogen-bond donors (Lipinski definition) is 1. The highest BCUT2D eigenvalue weighted by atomic mass is 19.1. The monoisotopic (exact) mass is 427 g/mol. The van der Waals surface area contributed by atoms with Gasteiger partial charge in [-0.1, -0.05) is 0 Å². The summed E-state index contributed by atoms with van der Waals surface area (Å²) in [4.78, 5) is 13.3. The van der Waals surface area contributed by atoms with Gasteiger partial charge in [-0.15, -0.1) is 0 Å². The first-order chi connectivity index (χ1) is 15.0. The number of carbonyl (C=O) groups is 1. The first kappa shape index (κ1) is 20.0. The summed E-state index contributed by atoms with van der Waals surface area (Å²) in [5.41, 5.74) is 2.19. The first-order valence-electron chi connectivity index (χ1n) is 12.4. The summed E-state index contributed by atoms with van der Waals surface area (Å²) in [5.74, 6) is 2.68. The van der Waals surface area contributed by atoms with E-state index in [0.717, 1.165) is 49.5 Å². The molecule has 4 nitrogen and oxygen atoms in total. The van der Waals surface area contributed by atoms with Crippen LogP contribution in [-0.4, -0.2) is 35.7 Å². The van der Waals surface area contributed by atoms with Crippen molar-refractivity contribution in [2.45, 2.75) is 70.3 Å². The van der Waals surface area contributed by atoms with E-state index in [-0.39, 0.29) is 11.7 Å². The number of ether oxygens (including phenoxy) is 1. The molecule has 0 spiro atoms. The Hall–Kier alpha value is -1.62. The molecule has 1 aromatic rings. The molecule has 31 heavy (non-hydrogen) atoms. The van der Waals surface area contributed by atoms with Crippen LogP contribution in [0, 0.1) is 34.9 Å². The van der Waals surface area contributed by atoms with Gasteiger partial charge in [-0.3, -0.25) is 9.69 Å². The third kappa shape index (κ3) is 3.88. The Labute approximate surface area is 184 Å². The molecule has 1 atom stereocenters. The lowest BCUT2D eigenvalue weighted by atomic mass is 9.50. The van der Waals surface area contributed by atoms with Crippen LogP contribution in [-0.2, 0) is 11.3 Å². The van der Waals surface area contributed by atoms with E-state index in [1.807, 2.05) is 6.07 Å². The molecule has 7 rings (SSSR count). The van der Waals surface area contributed by atoms with Crippen molar-refractivity contribution in [3.8, 4) is 5.75 Å². The van der Waals surface area contributed by atoms with E-state index < -0.39 is 5.97 Å². The predicted octanol–water partition coefficient (Wildman–Crippen LogP) is 5.20. The molecular weight excluding hydrogens is 393 g/mol. The predicted molar refractivity (Wildman–Crippen MR) is 115 cm³/mol. The molecule has 4 bridgehead atoms. The van der Waals surface area contributed by atoms with Crippen molar-refractivity contribution < 1.29 is 19.0 Å². The highest BCUT2D eigenvalue weighted by molar-refractivity contribution is 5.70. The number of benzene rings is 1. The van der Waals surface area contributed by atoms with Crippen LogP contribution in [0.4, 0.5) is 4.39 Å². The zero-order valence-corrected chi connectivity index (χ0v) is 18.3. The quantitative estimate of drug-likeness (QED) is 0.649. The number of halogens is 1. The summed E-state index contributed by atoms with van der Waals surface area (Å²) in [7, 11) is 0. The van der Waals surface area contributed by atoms with E-state index in [0.29, 0.717) is 36.4 Å². The molecule has 6 fully saturated rings. The smallest absolute Gasteiger partial charge is 0.307 e. The molecule has 1 saturated heterocycles. The summed E-state index contributed by atoms with van der Waals surface area (Å²) in [6.45, 7) is 2.48. The Morgan fingerprint density at radius 2 is 1.77 bits per heavy atom. The second kappa shape index (κ2) is 7.47. The van der Waals surface area contributed by atoms with Crippen LogP contribution < -0.4 is 4.74 Å². The molecule has 0 radical (unpaired) electrons. The molecule has 0 amide bonds. The first-order valence-corrected chi connectivity index (χ1v) is 12.4. The Morgan fingerprint density at radius 1 is 1.10 bits per heavy atom. The maximum absolute atomic E-state index is 15.1. The second-order valence-electron chi connectivity index (χ2n) is 11.5. The van der Waals surface area contributed by atoms with Crippen molar-refractivity contribution in [1.82, 2.24) is 4.90 Å². The van der Waals surface area contributed by atoms with Crippen LogP contribution in [0.25, 0.3) is 0 Å². The molecule has 1 aromatic carbocycles. The maximum Gasteiger partial charge on any atom is 0.307 e. The zero-order valence-electron chi connectivity index (χ0n) is 18.3. The molecule has 5 aliphatic carbocycles. The zero-order chi connectivity index (χ0) is 21.2. The standard InChI is InChI=1S/C26H34FNO3/c27-23-9-24(31-15-26-10-16-5-17(11-26)7-18(6-16)12-26)22(19-1-2-19)8-21(23)14-28-4-3-20(13-28)25(29)30/h8-9,16-20H,1-7,10-15H2,(H,29,30). The molecule has 1 N–H and O–H groups in total. The second-order valence-corrected chi connectivity index (χ2v) is 11.5. The lowest BCUT2D eigenvalue weighted by molar-refractivity contribution is -0.141. The lowest BCUT2D eigenvalue weighted by Gasteiger charge is -2.56. The minimum absolute atomic E-state index is 0.205. The van der Waals surface area contributed by atoms with E-state index in [1.54, 1.807) is 6.07 Å². The molecule has 5 saturated carbocycles. The van der Waals surface area contributed by atoms with Crippen LogP contribution in [0.5, 0.6) is 5.75 Å². The van der Waals surface area contributed by atoms with Gasteiger partial charge in [0.15, 0.2) is 0 Å². The minimum Gasteiger partial charge on any atom is -0.493 e. The number of carboxylic acids is 1. The summed E-state index contributed by atoms with van der Waals surface area (Å²) in [6, 6.07) is 3.66. The largest absolute Gasteiger partial charge is 0.493 e. The molecular formula is C26H34FNO3. The van der Waals surface area contributed by atoms with Crippen LogP contribution in [0.3, 0.4) is 0 Å². The molecule has 6 aliphatic rings. The molecule has 1 unspecified atom stereocenters.